The Morgan fingerprint density at radius 2 is 1.57 bits per heavy atom. The van der Waals surface area contributed by atoms with Crippen LogP contribution in [0.25, 0.3) is 11.2 Å². The smallest absolute Gasteiger partial charge is 0.488 e. The monoisotopic (exact) mass is 717 g/mol. The number of fused-ring (bicyclic) bond motifs is 1. The van der Waals surface area contributed by atoms with Crippen LogP contribution in [-0.4, -0.2) is 134 Å². The van der Waals surface area contributed by atoms with Crippen LogP contribution in [0.2, 0.25) is 0 Å². The van der Waals surface area contributed by atoms with Crippen LogP contribution < -0.4 is 16.5 Å². The fourth-order valence-electron chi connectivity index (χ4n) is 4.48. The van der Waals surface area contributed by atoms with Crippen molar-refractivity contribution in [3.05, 3.63) is 30.4 Å². The van der Waals surface area contributed by atoms with Gasteiger partial charge < -0.3 is 60.4 Å². The minimum Gasteiger partial charge on any atom is -0.504 e. The van der Waals surface area contributed by atoms with E-state index >= 15 is 0 Å². The normalized spacial score (nSPS) is 20.5. The molecule has 5 unspecified atom stereocenters. The molecule has 5 atom stereocenters. The highest BCUT2D eigenvalue weighted by Crippen LogP contribution is 2.43. The second kappa shape index (κ2) is 18.3. The summed E-state index contributed by atoms with van der Waals surface area (Å²) in [7, 11) is -4.58. The van der Waals surface area contributed by atoms with Crippen LogP contribution in [0.3, 0.4) is 0 Å². The summed E-state index contributed by atoms with van der Waals surface area (Å²) in [6, 6.07) is 2.09. The molecule has 10 N–H and O–H groups in total. The van der Waals surface area contributed by atoms with Gasteiger partial charge in [0.25, 0.3) is 5.91 Å². The summed E-state index contributed by atoms with van der Waals surface area (Å²) in [5.74, 6) is -2.28. The Balaban J connectivity index is 0.964. The number of amides is 1. The molecule has 49 heavy (non-hydrogen) atoms. The number of hydrogen-bond donors (Lipinski definition) is 9. The summed E-state index contributed by atoms with van der Waals surface area (Å²) in [4.78, 5) is 34.0. The third kappa shape index (κ3) is 10.9. The molecule has 1 aliphatic heterocycles. The maximum absolute atomic E-state index is 12.2. The number of nitrogens with one attached hydrogen (secondary N) is 2. The number of phosphoric acid groups is 1. The maximum Gasteiger partial charge on any atom is 0.488 e. The van der Waals surface area contributed by atoms with E-state index in [1.165, 1.54) is 17.2 Å². The number of hydrogen-bond acceptors (Lipinski definition) is 18. The molecule has 1 amide bonds. The molecule has 0 aliphatic carbocycles. The van der Waals surface area contributed by atoms with Crippen molar-refractivity contribution in [1.82, 2.24) is 30.3 Å². The fourth-order valence-corrected chi connectivity index (χ4v) is 5.12. The molecule has 1 saturated heterocycles. The van der Waals surface area contributed by atoms with Crippen LogP contribution in [0.5, 0.6) is 17.2 Å². The minimum atomic E-state index is -4.58. The first-order valence-electron chi connectivity index (χ1n) is 15.1. The zero-order valence-electron chi connectivity index (χ0n) is 26.2. The van der Waals surface area contributed by atoms with Gasteiger partial charge in [-0.2, -0.15) is 10.1 Å². The van der Waals surface area contributed by atoms with Crippen molar-refractivity contribution in [2.75, 3.05) is 65.1 Å². The molecule has 4 rings (SSSR count). The van der Waals surface area contributed by atoms with Gasteiger partial charge in [0.05, 0.1) is 39.4 Å². The molecule has 2 aromatic heterocycles. The van der Waals surface area contributed by atoms with Crippen LogP contribution in [0.15, 0.2) is 24.8 Å². The van der Waals surface area contributed by atoms with Gasteiger partial charge in [-0.25, -0.2) is 19.5 Å². The fraction of sp³-hybridized carbons (Fsp3) is 0.556. The average Bonchev–Trinajstić information content (AvgIpc) is 3.62. The number of aromatic nitrogens is 4. The number of benzene rings is 1. The van der Waals surface area contributed by atoms with Crippen molar-refractivity contribution in [3.8, 4) is 17.2 Å². The molecule has 3 heterocycles. The van der Waals surface area contributed by atoms with E-state index in [4.69, 9.17) is 33.8 Å². The molecule has 22 heteroatoms. The standard InChI is InChI=1S/C27H40N7O14P/c28-24-20-25(31-14-30-24)34(15-32-20)27-23(39)22(38)19(47-27)13-46-49(41,42)48-33-4-2-6-44-8-10-45-9-7-43-5-1-3-29-26(40)16-11-17(35)21(37)18(36)12-16/h11-12,14-15,19,22-23,27,33,35-39H,1-10,13H2,(H,29,40)(H,41,42)(H2,28,30,31). The second-order valence-corrected chi connectivity index (χ2v) is 11.9. The van der Waals surface area contributed by atoms with E-state index in [1.54, 1.807) is 0 Å². The summed E-state index contributed by atoms with van der Waals surface area (Å²) < 4.78 is 45.1. The minimum absolute atomic E-state index is 0.00493. The number of phenols is 3. The lowest BCUT2D eigenvalue weighted by molar-refractivity contribution is -0.0529. The maximum atomic E-state index is 12.2. The Morgan fingerprint density at radius 1 is 0.939 bits per heavy atom. The van der Waals surface area contributed by atoms with Crippen LogP contribution >= 0.6 is 7.82 Å². The number of nitrogens with two attached hydrogens (primary N) is 1. The van der Waals surface area contributed by atoms with E-state index in [2.05, 4.69) is 25.7 Å². The lowest BCUT2D eigenvalue weighted by Crippen LogP contribution is -2.33. The Morgan fingerprint density at radius 3 is 2.24 bits per heavy atom. The molecule has 21 nitrogen and oxygen atoms in total. The second-order valence-electron chi connectivity index (χ2n) is 10.5. The molecule has 1 fully saturated rings. The van der Waals surface area contributed by atoms with E-state index in [1.807, 2.05) is 0 Å². The summed E-state index contributed by atoms with van der Waals surface area (Å²) in [6.07, 6.45) is -1.69. The zero-order chi connectivity index (χ0) is 35.4. The summed E-state index contributed by atoms with van der Waals surface area (Å²) in [5.41, 5.74) is 8.66. The number of rotatable bonds is 21. The molecule has 1 aromatic carbocycles. The van der Waals surface area contributed by atoms with Crippen molar-refractivity contribution in [1.29, 1.82) is 0 Å². The predicted molar refractivity (Wildman–Crippen MR) is 166 cm³/mol. The highest BCUT2D eigenvalue weighted by molar-refractivity contribution is 7.47. The molecule has 0 spiro atoms. The SMILES string of the molecule is Nc1ncnc2c1ncn2C1OC(COP(=O)(O)ONCCCOCCOCCOCCCNC(=O)c2cc(O)c(O)c(O)c2)C(O)C1O. The van der Waals surface area contributed by atoms with Crippen molar-refractivity contribution >= 4 is 30.7 Å². The number of aromatic hydroxyl groups is 3. The molecule has 272 valence electrons. The number of aliphatic hydroxyl groups excluding tert-OH is 2. The Bertz CT molecular complexity index is 1540. The van der Waals surface area contributed by atoms with Crippen LogP contribution in [-0.2, 0) is 32.7 Å². The number of phosphoric ester groups is 1. The summed E-state index contributed by atoms with van der Waals surface area (Å²) >= 11 is 0. The van der Waals surface area contributed by atoms with Gasteiger partial charge in [-0.15, -0.1) is 0 Å². The van der Waals surface area contributed by atoms with Crippen molar-refractivity contribution in [3.63, 3.8) is 0 Å². The number of imidazole rings is 1. The number of anilines is 1. The number of ether oxygens (including phenoxy) is 4. The lowest BCUT2D eigenvalue weighted by atomic mass is 10.1. The number of carbonyl (C=O) groups is 1. The van der Waals surface area contributed by atoms with Gasteiger partial charge in [0.2, 0.25) is 0 Å². The third-order valence-electron chi connectivity index (χ3n) is 6.97. The number of aliphatic hydroxyl groups is 2. The van der Waals surface area contributed by atoms with Crippen LogP contribution in [0, 0.1) is 0 Å². The van der Waals surface area contributed by atoms with E-state index in [0.717, 1.165) is 12.1 Å². The molecule has 3 aromatic rings. The van der Waals surface area contributed by atoms with Crippen molar-refractivity contribution in [2.45, 2.75) is 37.4 Å². The van der Waals surface area contributed by atoms with Crippen molar-refractivity contribution < 1.29 is 67.9 Å². The van der Waals surface area contributed by atoms with Gasteiger partial charge in [-0.1, -0.05) is 0 Å². The summed E-state index contributed by atoms with van der Waals surface area (Å²) in [5, 5.41) is 51.8. The van der Waals surface area contributed by atoms with Gasteiger partial charge in [0.1, 0.15) is 30.2 Å². The number of carbonyl (C=O) groups excluding carboxylic acids is 1. The first-order chi connectivity index (χ1) is 23.5. The molecule has 0 radical (unpaired) electrons. The predicted octanol–water partition coefficient (Wildman–Crippen LogP) is -0.957. The van der Waals surface area contributed by atoms with Crippen LogP contribution in [0.4, 0.5) is 5.82 Å². The highest BCUT2D eigenvalue weighted by atomic mass is 31.2. The molecular weight excluding hydrogens is 677 g/mol. The molecule has 0 bridgehead atoms. The number of nitrogen functional groups attached to an aromatic ring is 1. The average molecular weight is 718 g/mol. The van der Waals surface area contributed by atoms with Gasteiger partial charge in [0, 0.05) is 31.9 Å². The number of nitrogens with zero attached hydrogens (tertiary/aromatic N) is 4. The van der Waals surface area contributed by atoms with E-state index in [-0.39, 0.29) is 29.1 Å². The van der Waals surface area contributed by atoms with Gasteiger partial charge in [-0.05, 0) is 25.0 Å². The first-order valence-corrected chi connectivity index (χ1v) is 16.6. The molecular formula is C27H40N7O14P. The van der Waals surface area contributed by atoms with Crippen LogP contribution in [0.1, 0.15) is 29.4 Å². The van der Waals surface area contributed by atoms with Gasteiger partial charge in [-0.3, -0.25) is 13.9 Å². The Labute approximate surface area is 279 Å². The molecule has 0 saturated carbocycles. The summed E-state index contributed by atoms with van der Waals surface area (Å²) in [6.45, 7) is 1.84. The molecule has 1 aliphatic rings. The van der Waals surface area contributed by atoms with Gasteiger partial charge in [0.15, 0.2) is 34.9 Å². The largest absolute Gasteiger partial charge is 0.504 e. The van der Waals surface area contributed by atoms with E-state index in [9.17, 15) is 39.8 Å². The third-order valence-corrected chi connectivity index (χ3v) is 7.81. The number of phenolic OH excluding ortho intramolecular Hbond substituents is 3. The topological polar surface area (TPSA) is 305 Å². The highest BCUT2D eigenvalue weighted by Gasteiger charge is 2.45. The van der Waals surface area contributed by atoms with Gasteiger partial charge >= 0.3 is 7.82 Å². The lowest BCUT2D eigenvalue weighted by Gasteiger charge is -2.17. The number of hydroxylamine groups is 1. The zero-order valence-corrected chi connectivity index (χ0v) is 27.1. The quantitative estimate of drug-likeness (QED) is 0.0277. The van der Waals surface area contributed by atoms with E-state index < -0.39 is 62.1 Å². The Hall–Kier alpha value is -3.73. The van der Waals surface area contributed by atoms with Crippen molar-refractivity contribution in [2.24, 2.45) is 0 Å². The van der Waals surface area contributed by atoms with E-state index in [0.29, 0.717) is 59.0 Å². The Kier molecular flexibility index (Phi) is 14.2. The first kappa shape index (κ1) is 38.1.